The molecule has 2 rings (SSSR count). The smallest absolute Gasteiger partial charge is 0.251 e. The average molecular weight is 256 g/mol. The van der Waals surface area contributed by atoms with Gasteiger partial charge in [-0.1, -0.05) is 18.2 Å². The fraction of sp³-hybridized carbons (Fsp3) is 0.143. The highest BCUT2D eigenvalue weighted by Crippen LogP contribution is 2.11. The van der Waals surface area contributed by atoms with E-state index in [-0.39, 0.29) is 5.91 Å². The molecule has 1 heterocycles. The molecule has 1 amide bonds. The summed E-state index contributed by atoms with van der Waals surface area (Å²) in [5.74, 6) is 0.549. The third-order valence-corrected chi connectivity index (χ3v) is 2.58. The minimum Gasteiger partial charge on any atom is -0.396 e. The minimum absolute atomic E-state index is 0.0867. The van der Waals surface area contributed by atoms with Crippen molar-refractivity contribution in [1.29, 1.82) is 0 Å². The summed E-state index contributed by atoms with van der Waals surface area (Å²) in [6, 6.07) is 12.7. The maximum atomic E-state index is 11.7. The van der Waals surface area contributed by atoms with Crippen molar-refractivity contribution in [2.24, 2.45) is 0 Å². The van der Waals surface area contributed by atoms with E-state index in [9.17, 15) is 4.79 Å². The number of pyridine rings is 1. The summed E-state index contributed by atoms with van der Waals surface area (Å²) in [4.78, 5) is 15.8. The lowest BCUT2D eigenvalue weighted by Gasteiger charge is -2.08. The third kappa shape index (κ3) is 3.70. The second-order valence-electron chi connectivity index (χ2n) is 3.99. The van der Waals surface area contributed by atoms with Crippen LogP contribution in [0.2, 0.25) is 0 Å². The van der Waals surface area contributed by atoms with E-state index in [4.69, 9.17) is 5.73 Å². The third-order valence-electron chi connectivity index (χ3n) is 2.58. The van der Waals surface area contributed by atoms with Crippen LogP contribution >= 0.6 is 0 Å². The standard InChI is InChI=1S/C14H16N4O/c15-12-7-4-8-16-13(12)17-9-10-18-14(19)11-5-2-1-3-6-11/h1-8H,9-10,15H2,(H,16,17)(H,18,19). The summed E-state index contributed by atoms with van der Waals surface area (Å²) in [6.07, 6.45) is 1.67. The van der Waals surface area contributed by atoms with E-state index in [1.165, 1.54) is 0 Å². The van der Waals surface area contributed by atoms with E-state index in [0.717, 1.165) is 0 Å². The van der Waals surface area contributed by atoms with E-state index >= 15 is 0 Å². The van der Waals surface area contributed by atoms with Crippen LogP contribution < -0.4 is 16.4 Å². The summed E-state index contributed by atoms with van der Waals surface area (Å²) in [6.45, 7) is 1.07. The summed E-state index contributed by atoms with van der Waals surface area (Å²) >= 11 is 0. The molecule has 4 N–H and O–H groups in total. The van der Waals surface area contributed by atoms with Gasteiger partial charge >= 0.3 is 0 Å². The van der Waals surface area contributed by atoms with Gasteiger partial charge in [-0.15, -0.1) is 0 Å². The number of anilines is 2. The highest BCUT2D eigenvalue weighted by atomic mass is 16.1. The predicted molar refractivity (Wildman–Crippen MR) is 75.9 cm³/mol. The van der Waals surface area contributed by atoms with Gasteiger partial charge in [-0.3, -0.25) is 4.79 Å². The topological polar surface area (TPSA) is 80.0 Å². The number of benzene rings is 1. The van der Waals surface area contributed by atoms with Gasteiger partial charge in [0.2, 0.25) is 0 Å². The Labute approximate surface area is 111 Å². The molecule has 98 valence electrons. The molecule has 0 bridgehead atoms. The monoisotopic (exact) mass is 256 g/mol. The fourth-order valence-electron chi connectivity index (χ4n) is 1.61. The van der Waals surface area contributed by atoms with Crippen LogP contribution in [0.1, 0.15) is 10.4 Å². The van der Waals surface area contributed by atoms with Gasteiger partial charge in [-0.05, 0) is 24.3 Å². The Morgan fingerprint density at radius 2 is 1.89 bits per heavy atom. The highest BCUT2D eigenvalue weighted by Gasteiger charge is 2.03. The van der Waals surface area contributed by atoms with Gasteiger partial charge in [0.15, 0.2) is 0 Å². The van der Waals surface area contributed by atoms with Crippen LogP contribution in [0, 0.1) is 0 Å². The molecule has 0 aliphatic heterocycles. The zero-order chi connectivity index (χ0) is 13.5. The Kier molecular flexibility index (Phi) is 4.34. The molecule has 1 aromatic carbocycles. The van der Waals surface area contributed by atoms with Crippen molar-refractivity contribution < 1.29 is 4.79 Å². The first-order chi connectivity index (χ1) is 9.27. The molecule has 5 nitrogen and oxygen atoms in total. The summed E-state index contributed by atoms with van der Waals surface area (Å²) < 4.78 is 0. The van der Waals surface area contributed by atoms with Crippen molar-refractivity contribution >= 4 is 17.4 Å². The van der Waals surface area contributed by atoms with Crippen molar-refractivity contribution in [3.05, 3.63) is 54.2 Å². The Balaban J connectivity index is 1.76. The molecule has 0 radical (unpaired) electrons. The molecule has 0 saturated carbocycles. The van der Waals surface area contributed by atoms with Crippen LogP contribution in [0.3, 0.4) is 0 Å². The van der Waals surface area contributed by atoms with Gasteiger partial charge in [0.25, 0.3) is 5.91 Å². The second-order valence-corrected chi connectivity index (χ2v) is 3.99. The minimum atomic E-state index is -0.0867. The molecule has 19 heavy (non-hydrogen) atoms. The van der Waals surface area contributed by atoms with E-state index in [1.807, 2.05) is 18.2 Å². The SMILES string of the molecule is Nc1cccnc1NCCNC(=O)c1ccccc1. The largest absolute Gasteiger partial charge is 0.396 e. The summed E-state index contributed by atoms with van der Waals surface area (Å²) in [5.41, 5.74) is 6.99. The molecule has 0 saturated heterocycles. The average Bonchev–Trinajstić information content (AvgIpc) is 2.46. The van der Waals surface area contributed by atoms with Crippen molar-refractivity contribution in [3.8, 4) is 0 Å². The van der Waals surface area contributed by atoms with Crippen molar-refractivity contribution in [2.45, 2.75) is 0 Å². The number of carbonyl (C=O) groups excluding carboxylic acids is 1. The molecule has 0 aliphatic carbocycles. The number of nitrogens with two attached hydrogens (primary N) is 1. The van der Waals surface area contributed by atoms with Gasteiger partial charge in [0, 0.05) is 24.8 Å². The zero-order valence-corrected chi connectivity index (χ0v) is 10.5. The number of hydrogen-bond donors (Lipinski definition) is 3. The number of carbonyl (C=O) groups is 1. The first-order valence-electron chi connectivity index (χ1n) is 6.05. The molecule has 0 fully saturated rings. The summed E-state index contributed by atoms with van der Waals surface area (Å²) in [5, 5.41) is 5.89. The lowest BCUT2D eigenvalue weighted by molar-refractivity contribution is 0.0955. The van der Waals surface area contributed by atoms with Crippen LogP contribution in [0.25, 0.3) is 0 Å². The van der Waals surface area contributed by atoms with Crippen LogP contribution in [-0.4, -0.2) is 24.0 Å². The number of hydrogen-bond acceptors (Lipinski definition) is 4. The van der Waals surface area contributed by atoms with Crippen LogP contribution in [-0.2, 0) is 0 Å². The quantitative estimate of drug-likeness (QED) is 0.708. The Bertz CT molecular complexity index is 542. The van der Waals surface area contributed by atoms with Crippen molar-refractivity contribution in [1.82, 2.24) is 10.3 Å². The predicted octanol–water partition coefficient (Wildman–Crippen LogP) is 1.51. The first kappa shape index (κ1) is 12.9. The second kappa shape index (κ2) is 6.39. The molecule has 0 aliphatic rings. The highest BCUT2D eigenvalue weighted by molar-refractivity contribution is 5.94. The normalized spacial score (nSPS) is 9.89. The molecule has 2 aromatic rings. The number of amides is 1. The number of aromatic nitrogens is 1. The Morgan fingerprint density at radius 3 is 2.63 bits per heavy atom. The Hall–Kier alpha value is -2.56. The zero-order valence-electron chi connectivity index (χ0n) is 10.5. The number of rotatable bonds is 5. The molecule has 0 atom stereocenters. The number of nitrogens with zero attached hydrogens (tertiary/aromatic N) is 1. The maximum Gasteiger partial charge on any atom is 0.251 e. The lowest BCUT2D eigenvalue weighted by Crippen LogP contribution is -2.28. The molecular formula is C14H16N4O. The lowest BCUT2D eigenvalue weighted by atomic mass is 10.2. The van der Waals surface area contributed by atoms with Crippen LogP contribution in [0.4, 0.5) is 11.5 Å². The maximum absolute atomic E-state index is 11.7. The molecule has 5 heteroatoms. The van der Waals surface area contributed by atoms with Crippen LogP contribution in [0.5, 0.6) is 0 Å². The summed E-state index contributed by atoms with van der Waals surface area (Å²) in [7, 11) is 0. The molecule has 1 aromatic heterocycles. The molecular weight excluding hydrogens is 240 g/mol. The Morgan fingerprint density at radius 1 is 1.11 bits per heavy atom. The fourth-order valence-corrected chi connectivity index (χ4v) is 1.61. The van der Waals surface area contributed by atoms with E-state index in [1.54, 1.807) is 30.5 Å². The molecule has 0 unspecified atom stereocenters. The molecule has 0 spiro atoms. The first-order valence-corrected chi connectivity index (χ1v) is 6.05. The number of nitrogen functional groups attached to an aromatic ring is 1. The van der Waals surface area contributed by atoms with Crippen LogP contribution in [0.15, 0.2) is 48.7 Å². The van der Waals surface area contributed by atoms with Gasteiger partial charge in [0.05, 0.1) is 5.69 Å². The van der Waals surface area contributed by atoms with Crippen molar-refractivity contribution in [2.75, 3.05) is 24.1 Å². The van der Waals surface area contributed by atoms with Gasteiger partial charge in [-0.2, -0.15) is 0 Å². The number of nitrogens with one attached hydrogen (secondary N) is 2. The van der Waals surface area contributed by atoms with Gasteiger partial charge in [-0.25, -0.2) is 4.98 Å². The van der Waals surface area contributed by atoms with E-state index in [0.29, 0.717) is 30.2 Å². The van der Waals surface area contributed by atoms with E-state index in [2.05, 4.69) is 15.6 Å². The van der Waals surface area contributed by atoms with Gasteiger partial charge < -0.3 is 16.4 Å². The van der Waals surface area contributed by atoms with E-state index < -0.39 is 0 Å². The van der Waals surface area contributed by atoms with Gasteiger partial charge in [0.1, 0.15) is 5.82 Å². The van der Waals surface area contributed by atoms with Crippen molar-refractivity contribution in [3.63, 3.8) is 0 Å².